The fourth-order valence-electron chi connectivity index (χ4n) is 1.63. The molecule has 0 aliphatic carbocycles. The zero-order valence-electron chi connectivity index (χ0n) is 9.53. The Morgan fingerprint density at radius 3 is 2.79 bits per heavy atom. The monoisotopic (exact) mass is 217 g/mol. The summed E-state index contributed by atoms with van der Waals surface area (Å²) in [5.74, 6) is 1.72. The molecule has 0 saturated carbocycles. The molecule has 1 fully saturated rings. The fourth-order valence-corrected chi connectivity index (χ4v) is 3.04. The van der Waals surface area contributed by atoms with E-state index in [4.69, 9.17) is 10.5 Å². The van der Waals surface area contributed by atoms with E-state index in [2.05, 4.69) is 20.8 Å². The smallest absolute Gasteiger partial charge is 0.0666 e. The molecule has 0 aromatic rings. The van der Waals surface area contributed by atoms with Crippen LogP contribution in [0, 0.1) is 5.92 Å². The zero-order chi connectivity index (χ0) is 10.6. The highest BCUT2D eigenvalue weighted by Gasteiger charge is 2.25. The molecule has 4 atom stereocenters. The molecule has 84 valence electrons. The number of hydrogen-bond donors (Lipinski definition) is 1. The third-order valence-electron chi connectivity index (χ3n) is 3.18. The summed E-state index contributed by atoms with van der Waals surface area (Å²) in [6.45, 7) is 7.53. The van der Waals surface area contributed by atoms with Gasteiger partial charge in [-0.2, -0.15) is 11.8 Å². The van der Waals surface area contributed by atoms with Crippen LogP contribution >= 0.6 is 11.8 Å². The molecule has 1 rings (SSSR count). The van der Waals surface area contributed by atoms with E-state index in [0.29, 0.717) is 23.3 Å². The number of hydrogen-bond acceptors (Lipinski definition) is 3. The Bertz CT molecular complexity index is 165. The molecule has 0 amide bonds. The van der Waals surface area contributed by atoms with Gasteiger partial charge >= 0.3 is 0 Å². The number of nitrogens with two attached hydrogens (primary N) is 1. The Balaban J connectivity index is 2.19. The third kappa shape index (κ3) is 3.44. The summed E-state index contributed by atoms with van der Waals surface area (Å²) in [6, 6.07) is 0.345. The van der Waals surface area contributed by atoms with Gasteiger partial charge in [0.1, 0.15) is 0 Å². The minimum absolute atomic E-state index is 0.345. The Labute approximate surface area is 92.0 Å². The summed E-state index contributed by atoms with van der Waals surface area (Å²) in [5, 5.41) is 0.671. The maximum absolute atomic E-state index is 6.09. The fraction of sp³-hybridized carbons (Fsp3) is 1.00. The molecule has 1 heterocycles. The van der Waals surface area contributed by atoms with Crippen molar-refractivity contribution in [3.05, 3.63) is 0 Å². The third-order valence-corrected chi connectivity index (χ3v) is 4.81. The van der Waals surface area contributed by atoms with Gasteiger partial charge in [0.2, 0.25) is 0 Å². The predicted octanol–water partition coefficient (Wildman–Crippen LogP) is 2.27. The quantitative estimate of drug-likeness (QED) is 0.767. The second-order valence-corrected chi connectivity index (χ2v) is 5.56. The van der Waals surface area contributed by atoms with Gasteiger partial charge in [0, 0.05) is 23.7 Å². The van der Waals surface area contributed by atoms with Gasteiger partial charge in [-0.05, 0) is 19.3 Å². The molecule has 2 nitrogen and oxygen atoms in total. The predicted molar refractivity (Wildman–Crippen MR) is 63.7 cm³/mol. The molecule has 0 aromatic carbocycles. The van der Waals surface area contributed by atoms with Crippen molar-refractivity contribution in [1.82, 2.24) is 0 Å². The van der Waals surface area contributed by atoms with E-state index in [1.807, 2.05) is 11.8 Å². The van der Waals surface area contributed by atoms with E-state index >= 15 is 0 Å². The molecule has 0 bridgehead atoms. The first kappa shape index (κ1) is 12.3. The van der Waals surface area contributed by atoms with Crippen LogP contribution in [0.3, 0.4) is 0 Å². The van der Waals surface area contributed by atoms with Crippen molar-refractivity contribution in [3.8, 4) is 0 Å². The lowest BCUT2D eigenvalue weighted by Gasteiger charge is -2.20. The van der Waals surface area contributed by atoms with E-state index in [1.54, 1.807) is 0 Å². The average molecular weight is 217 g/mol. The van der Waals surface area contributed by atoms with Crippen molar-refractivity contribution < 1.29 is 4.74 Å². The first-order chi connectivity index (χ1) is 6.65. The number of ether oxygens (including phenoxy) is 1. The van der Waals surface area contributed by atoms with Crippen LogP contribution in [-0.4, -0.2) is 29.8 Å². The van der Waals surface area contributed by atoms with Crippen LogP contribution in [-0.2, 0) is 4.74 Å². The van der Waals surface area contributed by atoms with Crippen LogP contribution in [0.5, 0.6) is 0 Å². The second-order valence-electron chi connectivity index (χ2n) is 4.29. The minimum atomic E-state index is 0.345. The number of rotatable bonds is 5. The molecule has 0 radical (unpaired) electrons. The van der Waals surface area contributed by atoms with Gasteiger partial charge in [-0.1, -0.05) is 20.3 Å². The summed E-state index contributed by atoms with van der Waals surface area (Å²) in [6.07, 6.45) is 2.79. The van der Waals surface area contributed by atoms with Crippen molar-refractivity contribution in [2.24, 2.45) is 11.7 Å². The summed E-state index contributed by atoms with van der Waals surface area (Å²) < 4.78 is 5.52. The largest absolute Gasteiger partial charge is 0.377 e. The van der Waals surface area contributed by atoms with Crippen LogP contribution in [0.15, 0.2) is 0 Å². The van der Waals surface area contributed by atoms with Crippen molar-refractivity contribution >= 4 is 11.8 Å². The van der Waals surface area contributed by atoms with Crippen LogP contribution < -0.4 is 5.73 Å². The lowest BCUT2D eigenvalue weighted by Crippen LogP contribution is -2.31. The number of thioether (sulfide) groups is 1. The Morgan fingerprint density at radius 2 is 2.29 bits per heavy atom. The average Bonchev–Trinajstić information content (AvgIpc) is 2.59. The molecule has 14 heavy (non-hydrogen) atoms. The van der Waals surface area contributed by atoms with Crippen LogP contribution in [0.4, 0.5) is 0 Å². The maximum atomic E-state index is 6.09. The lowest BCUT2D eigenvalue weighted by atomic mass is 10.0. The molecular formula is C11H23NOS. The summed E-state index contributed by atoms with van der Waals surface area (Å²) >= 11 is 1.99. The van der Waals surface area contributed by atoms with E-state index < -0.39 is 0 Å². The molecule has 2 N–H and O–H groups in total. The van der Waals surface area contributed by atoms with E-state index in [1.165, 1.54) is 12.8 Å². The summed E-state index contributed by atoms with van der Waals surface area (Å²) in [5.41, 5.74) is 6.09. The van der Waals surface area contributed by atoms with Crippen molar-refractivity contribution in [2.75, 3.05) is 12.4 Å². The van der Waals surface area contributed by atoms with Crippen LogP contribution in [0.2, 0.25) is 0 Å². The molecule has 1 aliphatic heterocycles. The van der Waals surface area contributed by atoms with E-state index in [9.17, 15) is 0 Å². The van der Waals surface area contributed by atoms with Gasteiger partial charge in [0.25, 0.3) is 0 Å². The van der Waals surface area contributed by atoms with Crippen molar-refractivity contribution in [1.29, 1.82) is 0 Å². The first-order valence-corrected chi connectivity index (χ1v) is 6.68. The van der Waals surface area contributed by atoms with Crippen LogP contribution in [0.1, 0.15) is 33.6 Å². The van der Waals surface area contributed by atoms with E-state index in [-0.39, 0.29) is 0 Å². The van der Waals surface area contributed by atoms with Crippen molar-refractivity contribution in [2.45, 2.75) is 51.0 Å². The molecule has 1 saturated heterocycles. The lowest BCUT2D eigenvalue weighted by molar-refractivity contribution is 0.127. The second kappa shape index (κ2) is 5.99. The molecule has 0 spiro atoms. The molecule has 1 aliphatic rings. The van der Waals surface area contributed by atoms with Gasteiger partial charge in [-0.15, -0.1) is 0 Å². The molecular weight excluding hydrogens is 194 g/mol. The van der Waals surface area contributed by atoms with Gasteiger partial charge in [0.05, 0.1) is 6.10 Å². The summed E-state index contributed by atoms with van der Waals surface area (Å²) in [4.78, 5) is 0. The highest BCUT2D eigenvalue weighted by molar-refractivity contribution is 8.00. The topological polar surface area (TPSA) is 35.2 Å². The molecule has 3 heteroatoms. The highest BCUT2D eigenvalue weighted by Crippen LogP contribution is 2.27. The Kier molecular flexibility index (Phi) is 5.28. The van der Waals surface area contributed by atoms with Gasteiger partial charge in [-0.3, -0.25) is 0 Å². The normalized spacial score (nSPS) is 31.7. The van der Waals surface area contributed by atoms with Crippen LogP contribution in [0.25, 0.3) is 0 Å². The zero-order valence-corrected chi connectivity index (χ0v) is 10.3. The van der Waals surface area contributed by atoms with Gasteiger partial charge < -0.3 is 10.5 Å². The van der Waals surface area contributed by atoms with Gasteiger partial charge in [-0.25, -0.2) is 0 Å². The van der Waals surface area contributed by atoms with Crippen molar-refractivity contribution in [3.63, 3.8) is 0 Å². The van der Waals surface area contributed by atoms with Gasteiger partial charge in [0.15, 0.2) is 0 Å². The standard InChI is InChI=1S/C11H23NOS/c1-4-8(2)10(12)7-14-11-5-6-13-9(11)3/h8-11H,4-7,12H2,1-3H3. The minimum Gasteiger partial charge on any atom is -0.377 e. The molecule has 4 unspecified atom stereocenters. The van der Waals surface area contributed by atoms with E-state index in [0.717, 1.165) is 12.4 Å². The Hall–Kier alpha value is 0.270. The maximum Gasteiger partial charge on any atom is 0.0666 e. The highest BCUT2D eigenvalue weighted by atomic mass is 32.2. The SMILES string of the molecule is CCC(C)C(N)CSC1CCOC1C. The summed E-state index contributed by atoms with van der Waals surface area (Å²) in [7, 11) is 0. The Morgan fingerprint density at radius 1 is 1.57 bits per heavy atom. The molecule has 0 aromatic heterocycles. The first-order valence-electron chi connectivity index (χ1n) is 5.64.